The average molecular weight is 409 g/mol. The van der Waals surface area contributed by atoms with Gasteiger partial charge < -0.3 is 24.3 Å². The first kappa shape index (κ1) is 20.9. The predicted octanol–water partition coefficient (Wildman–Crippen LogP) is 4.59. The number of benzene rings is 2. The molecular formula is C22H23N3O5. The lowest BCUT2D eigenvalue weighted by Crippen LogP contribution is -2.11. The fourth-order valence-corrected chi connectivity index (χ4v) is 2.52. The van der Waals surface area contributed by atoms with Crippen LogP contribution >= 0.6 is 0 Å². The first-order valence-corrected chi connectivity index (χ1v) is 9.30. The smallest absolute Gasteiger partial charge is 0.338 e. The van der Waals surface area contributed by atoms with Gasteiger partial charge in [-0.05, 0) is 50.2 Å². The van der Waals surface area contributed by atoms with Crippen LogP contribution in [0.2, 0.25) is 0 Å². The summed E-state index contributed by atoms with van der Waals surface area (Å²) in [6.45, 7) is 3.62. The Bertz CT molecular complexity index is 984. The highest BCUT2D eigenvalue weighted by molar-refractivity contribution is 5.90. The van der Waals surface area contributed by atoms with E-state index >= 15 is 0 Å². The minimum absolute atomic E-state index is 0.0900. The van der Waals surface area contributed by atoms with Gasteiger partial charge in [0.05, 0.1) is 37.6 Å². The molecule has 0 spiro atoms. The van der Waals surface area contributed by atoms with Crippen molar-refractivity contribution in [3.63, 3.8) is 0 Å². The first-order chi connectivity index (χ1) is 14.5. The van der Waals surface area contributed by atoms with E-state index in [2.05, 4.69) is 15.3 Å². The third-order valence-corrected chi connectivity index (χ3v) is 3.91. The topological polar surface area (TPSA) is 91.8 Å². The Morgan fingerprint density at radius 2 is 1.57 bits per heavy atom. The van der Waals surface area contributed by atoms with E-state index in [0.29, 0.717) is 28.8 Å². The second-order valence-corrected chi connectivity index (χ2v) is 6.49. The van der Waals surface area contributed by atoms with Crippen LogP contribution < -0.4 is 19.5 Å². The SMILES string of the molecule is COc1cc(OC)nc(Oc2ccccc2Nc2ccc(C(=O)OC(C)C)cc2)n1. The standard InChI is InChI=1S/C22H23N3O5/c1-14(2)29-21(26)15-9-11-16(12-10-15)23-17-7-5-6-8-18(17)30-22-24-19(27-3)13-20(25-22)28-4/h5-14,23H,1-4H3. The van der Waals surface area contributed by atoms with E-state index in [0.717, 1.165) is 5.69 Å². The molecule has 0 aliphatic heterocycles. The van der Waals surface area contributed by atoms with Gasteiger partial charge in [-0.1, -0.05) is 12.1 Å². The number of nitrogens with one attached hydrogen (secondary N) is 1. The molecule has 0 radical (unpaired) electrons. The van der Waals surface area contributed by atoms with Crippen LogP contribution in [0.25, 0.3) is 0 Å². The van der Waals surface area contributed by atoms with Crippen molar-refractivity contribution in [2.24, 2.45) is 0 Å². The number of carbonyl (C=O) groups is 1. The van der Waals surface area contributed by atoms with Crippen LogP contribution in [0.1, 0.15) is 24.2 Å². The minimum atomic E-state index is -0.357. The molecule has 0 aliphatic rings. The van der Waals surface area contributed by atoms with Crippen molar-refractivity contribution < 1.29 is 23.7 Å². The van der Waals surface area contributed by atoms with Gasteiger partial charge in [-0.3, -0.25) is 0 Å². The van der Waals surface area contributed by atoms with Crippen LogP contribution in [-0.2, 0) is 4.74 Å². The number of rotatable bonds is 8. The zero-order valence-corrected chi connectivity index (χ0v) is 17.2. The number of nitrogens with zero attached hydrogens (tertiary/aromatic N) is 2. The molecule has 0 fully saturated rings. The summed E-state index contributed by atoms with van der Waals surface area (Å²) in [5.41, 5.74) is 1.95. The number of ether oxygens (including phenoxy) is 4. The number of carbonyl (C=O) groups excluding carboxylic acids is 1. The average Bonchev–Trinajstić information content (AvgIpc) is 2.74. The zero-order chi connectivity index (χ0) is 21.5. The van der Waals surface area contributed by atoms with Gasteiger partial charge in [0.1, 0.15) is 0 Å². The summed E-state index contributed by atoms with van der Waals surface area (Å²) in [4.78, 5) is 20.4. The van der Waals surface area contributed by atoms with Crippen molar-refractivity contribution in [2.75, 3.05) is 19.5 Å². The van der Waals surface area contributed by atoms with Crippen molar-refractivity contribution in [3.05, 3.63) is 60.2 Å². The summed E-state index contributed by atoms with van der Waals surface area (Å²) in [7, 11) is 3.00. The quantitative estimate of drug-likeness (QED) is 0.540. The van der Waals surface area contributed by atoms with Crippen LogP contribution in [0.15, 0.2) is 54.6 Å². The van der Waals surface area contributed by atoms with Gasteiger partial charge in [0, 0.05) is 5.69 Å². The highest BCUT2D eigenvalue weighted by atomic mass is 16.5. The summed E-state index contributed by atoms with van der Waals surface area (Å²) in [5, 5.41) is 3.26. The molecule has 0 saturated heterocycles. The molecule has 1 heterocycles. The molecule has 8 nitrogen and oxygen atoms in total. The summed E-state index contributed by atoms with van der Waals surface area (Å²) in [6.07, 6.45) is -0.170. The molecule has 30 heavy (non-hydrogen) atoms. The molecule has 0 unspecified atom stereocenters. The molecule has 3 aromatic rings. The van der Waals surface area contributed by atoms with Gasteiger partial charge >= 0.3 is 12.0 Å². The first-order valence-electron chi connectivity index (χ1n) is 9.30. The number of para-hydroxylation sites is 2. The maximum Gasteiger partial charge on any atom is 0.338 e. The van der Waals surface area contributed by atoms with E-state index < -0.39 is 0 Å². The Morgan fingerprint density at radius 3 is 2.17 bits per heavy atom. The van der Waals surface area contributed by atoms with E-state index in [9.17, 15) is 4.79 Å². The number of hydrogen-bond acceptors (Lipinski definition) is 8. The lowest BCUT2D eigenvalue weighted by atomic mass is 10.2. The molecule has 3 rings (SSSR count). The fourth-order valence-electron chi connectivity index (χ4n) is 2.52. The van der Waals surface area contributed by atoms with Crippen molar-refractivity contribution in [3.8, 4) is 23.5 Å². The highest BCUT2D eigenvalue weighted by Gasteiger charge is 2.12. The van der Waals surface area contributed by atoms with Crippen molar-refractivity contribution >= 4 is 17.3 Å². The molecule has 1 N–H and O–H groups in total. The Hall–Kier alpha value is -3.81. The maximum atomic E-state index is 12.0. The minimum Gasteiger partial charge on any atom is -0.481 e. The molecule has 0 aliphatic carbocycles. The summed E-state index contributed by atoms with van der Waals surface area (Å²) in [6, 6.07) is 16.0. The van der Waals surface area contributed by atoms with E-state index in [1.165, 1.54) is 14.2 Å². The van der Waals surface area contributed by atoms with Crippen molar-refractivity contribution in [1.29, 1.82) is 0 Å². The Kier molecular flexibility index (Phi) is 6.69. The molecule has 0 atom stereocenters. The summed E-state index contributed by atoms with van der Waals surface area (Å²) in [5.74, 6) is 0.804. The molecule has 156 valence electrons. The monoisotopic (exact) mass is 409 g/mol. The van der Waals surface area contributed by atoms with Gasteiger partial charge in [-0.2, -0.15) is 9.97 Å². The summed E-state index contributed by atoms with van der Waals surface area (Å²) >= 11 is 0. The molecule has 0 saturated carbocycles. The Labute approximate surface area is 174 Å². The normalized spacial score (nSPS) is 10.4. The molecule has 0 amide bonds. The second-order valence-electron chi connectivity index (χ2n) is 6.49. The van der Waals surface area contributed by atoms with Gasteiger partial charge in [0.2, 0.25) is 11.8 Å². The van der Waals surface area contributed by atoms with E-state index in [4.69, 9.17) is 18.9 Å². The molecule has 1 aromatic heterocycles. The van der Waals surface area contributed by atoms with E-state index in [1.807, 2.05) is 32.0 Å². The van der Waals surface area contributed by atoms with Gasteiger partial charge in [-0.25, -0.2) is 4.79 Å². The van der Waals surface area contributed by atoms with Crippen LogP contribution in [-0.4, -0.2) is 36.3 Å². The lowest BCUT2D eigenvalue weighted by Gasteiger charge is -2.13. The van der Waals surface area contributed by atoms with Gasteiger partial charge in [-0.15, -0.1) is 0 Å². The van der Waals surface area contributed by atoms with Crippen molar-refractivity contribution in [1.82, 2.24) is 9.97 Å². The number of methoxy groups -OCH3 is 2. The van der Waals surface area contributed by atoms with Crippen LogP contribution in [0.4, 0.5) is 11.4 Å². The van der Waals surface area contributed by atoms with E-state index in [-0.39, 0.29) is 18.1 Å². The Balaban J connectivity index is 1.78. The van der Waals surface area contributed by atoms with Crippen LogP contribution in [0, 0.1) is 0 Å². The fraction of sp³-hybridized carbons (Fsp3) is 0.227. The number of aromatic nitrogens is 2. The van der Waals surface area contributed by atoms with Crippen molar-refractivity contribution in [2.45, 2.75) is 20.0 Å². The molecule has 8 heteroatoms. The molecular weight excluding hydrogens is 386 g/mol. The van der Waals surface area contributed by atoms with Gasteiger partial charge in [0.25, 0.3) is 0 Å². The second kappa shape index (κ2) is 9.60. The van der Waals surface area contributed by atoms with Crippen LogP contribution in [0.3, 0.4) is 0 Å². The lowest BCUT2D eigenvalue weighted by molar-refractivity contribution is 0.0378. The largest absolute Gasteiger partial charge is 0.481 e. The summed E-state index contributed by atoms with van der Waals surface area (Å²) < 4.78 is 21.4. The van der Waals surface area contributed by atoms with Crippen LogP contribution in [0.5, 0.6) is 23.5 Å². The third kappa shape index (κ3) is 5.38. The predicted molar refractivity (Wildman–Crippen MR) is 112 cm³/mol. The molecule has 2 aromatic carbocycles. The maximum absolute atomic E-state index is 12.0. The number of esters is 1. The number of hydrogen-bond donors (Lipinski definition) is 1. The Morgan fingerprint density at radius 1 is 0.933 bits per heavy atom. The highest BCUT2D eigenvalue weighted by Crippen LogP contribution is 2.31. The van der Waals surface area contributed by atoms with E-state index in [1.54, 1.807) is 36.4 Å². The van der Waals surface area contributed by atoms with Gasteiger partial charge in [0.15, 0.2) is 5.75 Å². The third-order valence-electron chi connectivity index (χ3n) is 3.91. The number of anilines is 2. The zero-order valence-electron chi connectivity index (χ0n) is 17.2. The molecule has 0 bridgehead atoms.